The summed E-state index contributed by atoms with van der Waals surface area (Å²) in [5.41, 5.74) is -0.492. The number of amides is 1. The zero-order chi connectivity index (χ0) is 14.0. The van der Waals surface area contributed by atoms with Crippen LogP contribution in [0, 0.1) is 5.92 Å². The first-order chi connectivity index (χ1) is 8.88. The summed E-state index contributed by atoms with van der Waals surface area (Å²) < 4.78 is 10.9. The minimum absolute atomic E-state index is 0.0545. The van der Waals surface area contributed by atoms with Crippen molar-refractivity contribution in [3.8, 4) is 0 Å². The molecule has 1 heterocycles. The van der Waals surface area contributed by atoms with Crippen LogP contribution in [0.5, 0.6) is 0 Å². The van der Waals surface area contributed by atoms with Gasteiger partial charge in [0.15, 0.2) is 0 Å². The molecule has 0 aromatic heterocycles. The molecule has 0 bridgehead atoms. The molecule has 1 saturated heterocycles. The molecule has 0 unspecified atom stereocenters. The molecule has 1 saturated carbocycles. The van der Waals surface area contributed by atoms with Crippen molar-refractivity contribution in [2.45, 2.75) is 57.8 Å². The van der Waals surface area contributed by atoms with Gasteiger partial charge in [0.2, 0.25) is 0 Å². The van der Waals surface area contributed by atoms with Crippen molar-refractivity contribution in [2.75, 3.05) is 19.8 Å². The van der Waals surface area contributed by atoms with Gasteiger partial charge < -0.3 is 19.5 Å². The van der Waals surface area contributed by atoms with Gasteiger partial charge in [0.05, 0.1) is 25.4 Å². The molecule has 1 aliphatic carbocycles. The minimum Gasteiger partial charge on any atom is -0.444 e. The van der Waals surface area contributed by atoms with Gasteiger partial charge in [0.25, 0.3) is 0 Å². The summed E-state index contributed by atoms with van der Waals surface area (Å²) in [7, 11) is 0. The molecule has 0 aromatic rings. The quantitative estimate of drug-likeness (QED) is 0.790. The second kappa shape index (κ2) is 5.67. The summed E-state index contributed by atoms with van der Waals surface area (Å²) in [6.45, 7) is 7.18. The highest BCUT2D eigenvalue weighted by molar-refractivity contribution is 5.68. The van der Waals surface area contributed by atoms with Crippen LogP contribution in [-0.2, 0) is 9.47 Å². The highest BCUT2D eigenvalue weighted by Crippen LogP contribution is 2.32. The molecule has 0 spiro atoms. The van der Waals surface area contributed by atoms with Gasteiger partial charge in [0, 0.05) is 12.5 Å². The normalized spacial score (nSPS) is 32.4. The van der Waals surface area contributed by atoms with Gasteiger partial charge in [0.1, 0.15) is 5.60 Å². The van der Waals surface area contributed by atoms with Crippen LogP contribution in [0.4, 0.5) is 4.79 Å². The van der Waals surface area contributed by atoms with Crippen molar-refractivity contribution in [2.24, 2.45) is 5.92 Å². The van der Waals surface area contributed by atoms with Crippen molar-refractivity contribution in [1.29, 1.82) is 0 Å². The molecule has 0 aromatic carbocycles. The summed E-state index contributed by atoms with van der Waals surface area (Å²) in [5, 5.41) is 10.0. The van der Waals surface area contributed by atoms with Crippen LogP contribution in [0.2, 0.25) is 0 Å². The lowest BCUT2D eigenvalue weighted by atomic mass is 9.94. The Labute approximate surface area is 114 Å². The molecular weight excluding hydrogens is 246 g/mol. The molecule has 3 atom stereocenters. The van der Waals surface area contributed by atoms with Crippen LogP contribution in [-0.4, -0.2) is 53.6 Å². The highest BCUT2D eigenvalue weighted by Gasteiger charge is 2.40. The first-order valence-electron chi connectivity index (χ1n) is 7.14. The van der Waals surface area contributed by atoms with Gasteiger partial charge in [-0.2, -0.15) is 0 Å². The van der Waals surface area contributed by atoms with Gasteiger partial charge in [-0.15, -0.1) is 0 Å². The lowest BCUT2D eigenvalue weighted by molar-refractivity contribution is -0.0595. The van der Waals surface area contributed by atoms with Gasteiger partial charge in [-0.3, -0.25) is 0 Å². The fourth-order valence-corrected chi connectivity index (χ4v) is 2.94. The van der Waals surface area contributed by atoms with E-state index in [0.717, 1.165) is 19.3 Å². The highest BCUT2D eigenvalue weighted by atomic mass is 16.6. The van der Waals surface area contributed by atoms with E-state index in [1.165, 1.54) is 0 Å². The number of rotatable bonds is 1. The summed E-state index contributed by atoms with van der Waals surface area (Å²) in [6, 6.07) is -0.0545. The van der Waals surface area contributed by atoms with Crippen molar-refractivity contribution < 1.29 is 19.4 Å². The maximum Gasteiger partial charge on any atom is 0.410 e. The van der Waals surface area contributed by atoms with Crippen LogP contribution in [0.25, 0.3) is 0 Å². The van der Waals surface area contributed by atoms with Gasteiger partial charge in [-0.05, 0) is 33.6 Å². The number of nitrogens with zero attached hydrogens (tertiary/aromatic N) is 1. The van der Waals surface area contributed by atoms with E-state index >= 15 is 0 Å². The molecular formula is C14H25NO4. The maximum absolute atomic E-state index is 12.3. The monoisotopic (exact) mass is 271 g/mol. The predicted molar refractivity (Wildman–Crippen MR) is 70.9 cm³/mol. The third kappa shape index (κ3) is 3.60. The number of aliphatic hydroxyl groups excluding tert-OH is 1. The second-order valence-corrected chi connectivity index (χ2v) is 6.48. The van der Waals surface area contributed by atoms with Crippen molar-refractivity contribution in [1.82, 2.24) is 4.90 Å². The first-order valence-corrected chi connectivity index (χ1v) is 7.14. The minimum atomic E-state index is -0.492. The summed E-state index contributed by atoms with van der Waals surface area (Å²) in [6.07, 6.45) is 2.18. The van der Waals surface area contributed by atoms with Crippen LogP contribution in [0.15, 0.2) is 0 Å². The molecule has 0 radical (unpaired) electrons. The Balaban J connectivity index is 2.05. The molecule has 1 N–H and O–H groups in total. The molecule has 5 nitrogen and oxygen atoms in total. The molecule has 2 rings (SSSR count). The van der Waals surface area contributed by atoms with E-state index in [1.54, 1.807) is 4.90 Å². The van der Waals surface area contributed by atoms with E-state index in [2.05, 4.69) is 0 Å². The average Bonchev–Trinajstić information content (AvgIpc) is 2.73. The molecule has 1 aliphatic heterocycles. The van der Waals surface area contributed by atoms with Gasteiger partial charge >= 0.3 is 6.09 Å². The Hall–Kier alpha value is -0.810. The van der Waals surface area contributed by atoms with E-state index < -0.39 is 5.60 Å². The molecule has 2 fully saturated rings. The summed E-state index contributed by atoms with van der Waals surface area (Å²) in [5.74, 6) is 0.118. The second-order valence-electron chi connectivity index (χ2n) is 6.48. The van der Waals surface area contributed by atoms with Crippen molar-refractivity contribution >= 4 is 6.09 Å². The number of hydrogen-bond donors (Lipinski definition) is 1. The maximum atomic E-state index is 12.3. The summed E-state index contributed by atoms with van der Waals surface area (Å²) in [4.78, 5) is 14.0. The number of morpholine rings is 1. The zero-order valence-electron chi connectivity index (χ0n) is 12.1. The Morgan fingerprint density at radius 2 is 2.11 bits per heavy atom. The molecule has 2 aliphatic rings. The Bertz CT molecular complexity index is 326. The van der Waals surface area contributed by atoms with E-state index in [0.29, 0.717) is 19.8 Å². The third-order valence-electron chi connectivity index (χ3n) is 3.82. The lowest BCUT2D eigenvalue weighted by Crippen LogP contribution is -2.54. The number of aliphatic hydroxyl groups is 1. The fraction of sp³-hybridized carbons (Fsp3) is 0.929. The average molecular weight is 271 g/mol. The Morgan fingerprint density at radius 3 is 2.68 bits per heavy atom. The largest absolute Gasteiger partial charge is 0.444 e. The lowest BCUT2D eigenvalue weighted by Gasteiger charge is -2.40. The molecule has 5 heteroatoms. The van der Waals surface area contributed by atoms with Gasteiger partial charge in [-0.25, -0.2) is 4.79 Å². The fourth-order valence-electron chi connectivity index (χ4n) is 2.94. The zero-order valence-corrected chi connectivity index (χ0v) is 12.1. The van der Waals surface area contributed by atoms with Crippen molar-refractivity contribution in [3.63, 3.8) is 0 Å². The van der Waals surface area contributed by atoms with Gasteiger partial charge in [-0.1, -0.05) is 6.42 Å². The predicted octanol–water partition coefficient (Wildman–Crippen LogP) is 1.78. The molecule has 19 heavy (non-hydrogen) atoms. The van der Waals surface area contributed by atoms with Crippen LogP contribution in [0.1, 0.15) is 40.0 Å². The first kappa shape index (κ1) is 14.6. The van der Waals surface area contributed by atoms with E-state index in [1.807, 2.05) is 20.8 Å². The number of hydrogen-bond acceptors (Lipinski definition) is 4. The van der Waals surface area contributed by atoms with E-state index in [-0.39, 0.29) is 24.2 Å². The summed E-state index contributed by atoms with van der Waals surface area (Å²) >= 11 is 0. The topological polar surface area (TPSA) is 59.0 Å². The third-order valence-corrected chi connectivity index (χ3v) is 3.82. The Kier molecular flexibility index (Phi) is 4.36. The van der Waals surface area contributed by atoms with E-state index in [4.69, 9.17) is 9.47 Å². The molecule has 1 amide bonds. The van der Waals surface area contributed by atoms with Crippen LogP contribution in [0.3, 0.4) is 0 Å². The molecule has 110 valence electrons. The number of ether oxygens (including phenoxy) is 2. The van der Waals surface area contributed by atoms with Crippen LogP contribution < -0.4 is 0 Å². The van der Waals surface area contributed by atoms with Crippen molar-refractivity contribution in [3.05, 3.63) is 0 Å². The number of carbonyl (C=O) groups is 1. The SMILES string of the molecule is CC(C)(C)OC(=O)N1CCOC[C@@H]1[C@H]1CCC[C@@H]1O. The standard InChI is InChI=1S/C14H25NO4/c1-14(2,3)19-13(17)15-7-8-18-9-11(15)10-5-4-6-12(10)16/h10-12,16H,4-9H2,1-3H3/t10-,11-,12+/m1/s1. The smallest absolute Gasteiger partial charge is 0.410 e. The van der Waals surface area contributed by atoms with Crippen LogP contribution >= 0.6 is 0 Å². The number of carbonyl (C=O) groups excluding carboxylic acids is 1. The van der Waals surface area contributed by atoms with E-state index in [9.17, 15) is 9.90 Å². The Morgan fingerprint density at radius 1 is 1.37 bits per heavy atom.